The molecule has 88 valence electrons. The monoisotopic (exact) mass is 211 g/mol. The topological polar surface area (TPSA) is 46.2 Å². The Kier molecular flexibility index (Phi) is 3.36. The Morgan fingerprint density at radius 1 is 0.800 bits per heavy atom. The van der Waals surface area contributed by atoms with Crippen molar-refractivity contribution in [1.82, 2.24) is 0 Å². The molecule has 0 unspecified atom stereocenters. The second-order valence-corrected chi connectivity index (χ2v) is 5.64. The van der Waals surface area contributed by atoms with Crippen LogP contribution in [0, 0.1) is 5.41 Å². The average Bonchev–Trinajstić information content (AvgIpc) is 2.64. The van der Waals surface area contributed by atoms with Crippen molar-refractivity contribution in [1.29, 1.82) is 0 Å². The van der Waals surface area contributed by atoms with Crippen LogP contribution in [0.3, 0.4) is 0 Å². The minimum absolute atomic E-state index is 0.0668. The number of rotatable bonds is 2. The van der Waals surface area contributed by atoms with E-state index in [4.69, 9.17) is 5.73 Å². The molecule has 0 aliphatic heterocycles. The Labute approximate surface area is 93.2 Å². The van der Waals surface area contributed by atoms with Crippen LogP contribution in [0.4, 0.5) is 0 Å². The molecule has 2 saturated carbocycles. The van der Waals surface area contributed by atoms with E-state index in [0.29, 0.717) is 6.54 Å². The van der Waals surface area contributed by atoms with Crippen molar-refractivity contribution in [3.8, 4) is 0 Å². The Morgan fingerprint density at radius 3 is 1.73 bits per heavy atom. The molecule has 15 heavy (non-hydrogen) atoms. The molecule has 0 atom stereocenters. The van der Waals surface area contributed by atoms with Crippen molar-refractivity contribution >= 4 is 0 Å². The van der Waals surface area contributed by atoms with Gasteiger partial charge in [-0.15, -0.1) is 0 Å². The zero-order chi connectivity index (χ0) is 10.8. The van der Waals surface area contributed by atoms with Gasteiger partial charge in [0.15, 0.2) is 0 Å². The summed E-state index contributed by atoms with van der Waals surface area (Å²) >= 11 is 0. The molecule has 0 aromatic carbocycles. The molecular formula is C13H25NO. The van der Waals surface area contributed by atoms with Crippen molar-refractivity contribution < 1.29 is 5.11 Å². The Morgan fingerprint density at radius 2 is 1.27 bits per heavy atom. The molecule has 2 aliphatic rings. The van der Waals surface area contributed by atoms with Crippen molar-refractivity contribution in [3.05, 3.63) is 0 Å². The zero-order valence-corrected chi connectivity index (χ0v) is 9.80. The van der Waals surface area contributed by atoms with Crippen LogP contribution in [0.15, 0.2) is 0 Å². The summed E-state index contributed by atoms with van der Waals surface area (Å²) in [6.07, 6.45) is 11.8. The van der Waals surface area contributed by atoms with Gasteiger partial charge < -0.3 is 10.8 Å². The molecule has 2 heteroatoms. The van der Waals surface area contributed by atoms with Gasteiger partial charge in [0.05, 0.1) is 5.60 Å². The van der Waals surface area contributed by atoms with Crippen LogP contribution >= 0.6 is 0 Å². The smallest absolute Gasteiger partial charge is 0.0715 e. The van der Waals surface area contributed by atoms with Gasteiger partial charge in [-0.25, -0.2) is 0 Å². The number of hydrogen-bond acceptors (Lipinski definition) is 2. The first-order valence-electron chi connectivity index (χ1n) is 6.65. The molecule has 2 nitrogen and oxygen atoms in total. The van der Waals surface area contributed by atoms with E-state index in [1.165, 1.54) is 38.5 Å². The van der Waals surface area contributed by atoms with Crippen molar-refractivity contribution in [2.45, 2.75) is 69.8 Å². The Bertz CT molecular complexity index is 201. The maximum atomic E-state index is 10.9. The minimum atomic E-state index is -0.436. The summed E-state index contributed by atoms with van der Waals surface area (Å²) in [5, 5.41) is 10.9. The second kappa shape index (κ2) is 4.42. The van der Waals surface area contributed by atoms with Gasteiger partial charge in [0.1, 0.15) is 0 Å². The van der Waals surface area contributed by atoms with E-state index in [0.717, 1.165) is 25.7 Å². The van der Waals surface area contributed by atoms with Crippen LogP contribution in [-0.2, 0) is 0 Å². The third-order valence-electron chi connectivity index (χ3n) is 4.87. The lowest BCUT2D eigenvalue weighted by atomic mass is 9.67. The van der Waals surface area contributed by atoms with Crippen molar-refractivity contribution in [2.24, 2.45) is 11.1 Å². The molecule has 0 radical (unpaired) electrons. The lowest BCUT2D eigenvalue weighted by molar-refractivity contribution is -0.0892. The molecule has 0 amide bonds. The van der Waals surface area contributed by atoms with Crippen molar-refractivity contribution in [2.75, 3.05) is 6.54 Å². The summed E-state index contributed by atoms with van der Waals surface area (Å²) < 4.78 is 0. The van der Waals surface area contributed by atoms with Gasteiger partial charge in [0.2, 0.25) is 0 Å². The van der Waals surface area contributed by atoms with E-state index in [-0.39, 0.29) is 5.41 Å². The summed E-state index contributed by atoms with van der Waals surface area (Å²) in [5.41, 5.74) is 5.61. The predicted octanol–water partition coefficient (Wildman–Crippen LogP) is 2.59. The maximum Gasteiger partial charge on any atom is 0.0715 e. The normalized spacial score (nSPS) is 30.0. The number of nitrogens with two attached hydrogens (primary N) is 1. The van der Waals surface area contributed by atoms with E-state index in [2.05, 4.69) is 0 Å². The van der Waals surface area contributed by atoms with Gasteiger partial charge in [-0.05, 0) is 25.7 Å². The first kappa shape index (κ1) is 11.4. The molecule has 2 rings (SSSR count). The highest BCUT2D eigenvalue weighted by Gasteiger charge is 2.50. The molecule has 0 aromatic rings. The third-order valence-corrected chi connectivity index (χ3v) is 4.87. The molecule has 0 spiro atoms. The third kappa shape index (κ3) is 1.94. The summed E-state index contributed by atoms with van der Waals surface area (Å²) in [6, 6.07) is 0. The summed E-state index contributed by atoms with van der Waals surface area (Å²) in [7, 11) is 0. The minimum Gasteiger partial charge on any atom is -0.389 e. The van der Waals surface area contributed by atoms with E-state index >= 15 is 0 Å². The SMILES string of the molecule is NCC1(C2(O)CCCCCC2)CCCC1. The largest absolute Gasteiger partial charge is 0.389 e. The van der Waals surface area contributed by atoms with Gasteiger partial charge in [-0.2, -0.15) is 0 Å². The summed E-state index contributed by atoms with van der Waals surface area (Å²) in [5.74, 6) is 0. The summed E-state index contributed by atoms with van der Waals surface area (Å²) in [6.45, 7) is 0.684. The van der Waals surface area contributed by atoms with E-state index in [1.54, 1.807) is 0 Å². The maximum absolute atomic E-state index is 10.9. The fourth-order valence-electron chi connectivity index (χ4n) is 3.76. The van der Waals surface area contributed by atoms with Gasteiger partial charge in [-0.3, -0.25) is 0 Å². The number of aliphatic hydroxyl groups is 1. The van der Waals surface area contributed by atoms with Crippen molar-refractivity contribution in [3.63, 3.8) is 0 Å². The van der Waals surface area contributed by atoms with Crippen LogP contribution < -0.4 is 5.73 Å². The van der Waals surface area contributed by atoms with Crippen LogP contribution in [0.2, 0.25) is 0 Å². The second-order valence-electron chi connectivity index (χ2n) is 5.64. The van der Waals surface area contributed by atoms with Crippen LogP contribution in [0.1, 0.15) is 64.2 Å². The Hall–Kier alpha value is -0.0800. The van der Waals surface area contributed by atoms with Gasteiger partial charge in [0.25, 0.3) is 0 Å². The lowest BCUT2D eigenvalue weighted by Crippen LogP contribution is -2.50. The fourth-order valence-corrected chi connectivity index (χ4v) is 3.76. The number of hydrogen-bond donors (Lipinski definition) is 2. The van der Waals surface area contributed by atoms with E-state index < -0.39 is 5.60 Å². The first-order valence-corrected chi connectivity index (χ1v) is 6.65. The quantitative estimate of drug-likeness (QED) is 0.690. The molecule has 0 heterocycles. The molecule has 3 N–H and O–H groups in total. The zero-order valence-electron chi connectivity index (χ0n) is 9.80. The molecule has 2 aliphatic carbocycles. The van der Waals surface area contributed by atoms with E-state index in [1.807, 2.05) is 0 Å². The molecule has 0 bridgehead atoms. The van der Waals surface area contributed by atoms with Gasteiger partial charge in [-0.1, -0.05) is 38.5 Å². The standard InChI is InChI=1S/C13H25NO/c14-11-12(7-5-6-8-12)13(15)9-3-1-2-4-10-13/h15H,1-11,14H2. The van der Waals surface area contributed by atoms with Crippen LogP contribution in [0.5, 0.6) is 0 Å². The average molecular weight is 211 g/mol. The molecule has 0 aromatic heterocycles. The highest BCUT2D eigenvalue weighted by Crippen LogP contribution is 2.50. The molecular weight excluding hydrogens is 186 g/mol. The van der Waals surface area contributed by atoms with Gasteiger partial charge in [0, 0.05) is 12.0 Å². The lowest BCUT2D eigenvalue weighted by Gasteiger charge is -2.44. The van der Waals surface area contributed by atoms with Crippen LogP contribution in [0.25, 0.3) is 0 Å². The Balaban J connectivity index is 2.16. The van der Waals surface area contributed by atoms with E-state index in [9.17, 15) is 5.11 Å². The molecule has 0 saturated heterocycles. The van der Waals surface area contributed by atoms with Crippen LogP contribution in [-0.4, -0.2) is 17.3 Å². The predicted molar refractivity (Wildman–Crippen MR) is 62.6 cm³/mol. The molecule has 2 fully saturated rings. The fraction of sp³-hybridized carbons (Fsp3) is 1.00. The summed E-state index contributed by atoms with van der Waals surface area (Å²) in [4.78, 5) is 0. The van der Waals surface area contributed by atoms with Gasteiger partial charge >= 0.3 is 0 Å². The first-order chi connectivity index (χ1) is 7.22. The highest BCUT2D eigenvalue weighted by atomic mass is 16.3. The highest BCUT2D eigenvalue weighted by molar-refractivity contribution is 5.02.